The summed E-state index contributed by atoms with van der Waals surface area (Å²) in [5.41, 5.74) is 1.68. The number of rotatable bonds is 18. The molecule has 2 amide bonds. The van der Waals surface area contributed by atoms with E-state index in [2.05, 4.69) is 41.2 Å². The molecule has 0 radical (unpaired) electrons. The lowest BCUT2D eigenvalue weighted by Gasteiger charge is -2.19. The summed E-state index contributed by atoms with van der Waals surface area (Å²) >= 11 is 6.02. The number of halogens is 4. The molecule has 1 saturated carbocycles. The van der Waals surface area contributed by atoms with Gasteiger partial charge in [-0.3, -0.25) is 19.4 Å². The third-order valence-corrected chi connectivity index (χ3v) is 8.30. The molecule has 53 heavy (non-hydrogen) atoms. The summed E-state index contributed by atoms with van der Waals surface area (Å²) < 4.78 is 43.6. The number of carbonyl (C=O) groups is 4. The number of pyridine rings is 1. The van der Waals surface area contributed by atoms with E-state index in [0.29, 0.717) is 36.4 Å². The fourth-order valence-corrected chi connectivity index (χ4v) is 5.27. The summed E-state index contributed by atoms with van der Waals surface area (Å²) in [5, 5.41) is 21.0. The Balaban J connectivity index is 1.16. The maximum atomic E-state index is 12.9. The Morgan fingerprint density at radius 3 is 2.32 bits per heavy atom. The Morgan fingerprint density at radius 1 is 0.962 bits per heavy atom. The number of anilines is 3. The summed E-state index contributed by atoms with van der Waals surface area (Å²) in [6, 6.07) is 14.4. The Bertz CT molecular complexity index is 1910. The van der Waals surface area contributed by atoms with Gasteiger partial charge in [-0.15, -0.1) is 0 Å². The van der Waals surface area contributed by atoms with Crippen LogP contribution in [0.15, 0.2) is 73.1 Å². The van der Waals surface area contributed by atoms with Crippen molar-refractivity contribution in [2.45, 2.75) is 56.3 Å². The Morgan fingerprint density at radius 2 is 1.68 bits per heavy atom. The monoisotopic (exact) mass is 754 g/mol. The van der Waals surface area contributed by atoms with Crippen molar-refractivity contribution in [3.05, 3.63) is 94.8 Å². The van der Waals surface area contributed by atoms with Crippen LogP contribution < -0.4 is 26.0 Å². The molecule has 0 spiro atoms. The Hall–Kier alpha value is -5.84. The number of carbonyl (C=O) groups excluding carboxylic acids is 3. The van der Waals surface area contributed by atoms with Gasteiger partial charge in [0.25, 0.3) is 11.8 Å². The largest absolute Gasteiger partial charge is 0.480 e. The number of aryl methyl sites for hydroxylation is 1. The van der Waals surface area contributed by atoms with Gasteiger partial charge in [0.2, 0.25) is 17.7 Å². The highest BCUT2D eigenvalue weighted by Gasteiger charge is 2.45. The number of ether oxygens (including phenoxy) is 1. The lowest BCUT2D eigenvalue weighted by Crippen LogP contribution is -2.43. The number of aliphatic carboxylic acids is 1. The first-order valence-corrected chi connectivity index (χ1v) is 16.8. The molecule has 1 aliphatic rings. The molecule has 14 nitrogen and oxygen atoms in total. The first-order valence-electron chi connectivity index (χ1n) is 16.4. The highest BCUT2D eigenvalue weighted by molar-refractivity contribution is 6.36. The molecule has 0 saturated heterocycles. The summed E-state index contributed by atoms with van der Waals surface area (Å²) in [4.78, 5) is 65.4. The molecule has 278 valence electrons. The lowest BCUT2D eigenvalue weighted by atomic mass is 10.1. The number of Topliss-reactive ketones (excluding diaryl/α,β-unsaturated/α-hetero) is 1. The summed E-state index contributed by atoms with van der Waals surface area (Å²) in [5.74, 6) is -3.75. The third-order valence-electron chi connectivity index (χ3n) is 8.05. The van der Waals surface area contributed by atoms with Gasteiger partial charge in [-0.25, -0.2) is 4.79 Å². The number of ketones is 1. The van der Waals surface area contributed by atoms with E-state index in [1.165, 1.54) is 24.3 Å². The minimum atomic E-state index is -4.64. The first-order chi connectivity index (χ1) is 25.3. The molecule has 2 heterocycles. The van der Waals surface area contributed by atoms with Gasteiger partial charge in [-0.05, 0) is 85.7 Å². The van der Waals surface area contributed by atoms with E-state index >= 15 is 0 Å². The summed E-state index contributed by atoms with van der Waals surface area (Å²) in [7, 11) is 0. The van der Waals surface area contributed by atoms with Crippen molar-refractivity contribution in [2.75, 3.05) is 23.8 Å². The Labute approximate surface area is 306 Å². The van der Waals surface area contributed by atoms with Gasteiger partial charge in [0.05, 0.1) is 5.54 Å². The number of carboxylic acids is 1. The summed E-state index contributed by atoms with van der Waals surface area (Å²) in [6.07, 6.45) is 0.905. The third kappa shape index (κ3) is 11.6. The molecule has 1 atom stereocenters. The van der Waals surface area contributed by atoms with Crippen LogP contribution >= 0.6 is 11.6 Å². The molecule has 1 fully saturated rings. The molecular weight excluding hydrogens is 721 g/mol. The zero-order valence-corrected chi connectivity index (χ0v) is 28.7. The van der Waals surface area contributed by atoms with Crippen molar-refractivity contribution in [3.8, 4) is 6.01 Å². The van der Waals surface area contributed by atoms with Gasteiger partial charge in [0.1, 0.15) is 6.04 Å². The van der Waals surface area contributed by atoms with Crippen LogP contribution in [0.25, 0.3) is 0 Å². The van der Waals surface area contributed by atoms with Crippen LogP contribution in [-0.2, 0) is 26.3 Å². The molecule has 1 aliphatic carbocycles. The first kappa shape index (κ1) is 38.4. The number of benzene rings is 2. The van der Waals surface area contributed by atoms with Gasteiger partial charge in [0, 0.05) is 41.6 Å². The molecular formula is C35H34ClF3N8O6. The highest BCUT2D eigenvalue weighted by atomic mass is 35.5. The smallest absolute Gasteiger partial charge is 0.422 e. The quantitative estimate of drug-likeness (QED) is 0.0855. The normalized spacial score (nSPS) is 13.7. The zero-order valence-electron chi connectivity index (χ0n) is 28.0. The van der Waals surface area contributed by atoms with Crippen LogP contribution in [-0.4, -0.2) is 74.0 Å². The molecule has 18 heteroatoms. The van der Waals surface area contributed by atoms with Crippen LogP contribution in [0.4, 0.5) is 30.8 Å². The lowest BCUT2D eigenvalue weighted by molar-refractivity contribution is -0.154. The van der Waals surface area contributed by atoms with Crippen LogP contribution in [0, 0.1) is 0 Å². The Kier molecular flexibility index (Phi) is 12.4. The van der Waals surface area contributed by atoms with Gasteiger partial charge < -0.3 is 31.1 Å². The number of nitrogens with zero attached hydrogens (tertiary/aromatic N) is 4. The number of hydrogen-bond acceptors (Lipinski definition) is 11. The molecule has 0 aliphatic heterocycles. The van der Waals surface area contributed by atoms with Crippen molar-refractivity contribution in [3.63, 3.8) is 0 Å². The number of aromatic nitrogens is 4. The van der Waals surface area contributed by atoms with E-state index in [0.717, 1.165) is 11.1 Å². The minimum Gasteiger partial charge on any atom is -0.480 e. The SMILES string of the molecule is O=C(CCCc1cccnc1)C(=O)NCC[C@H](NC(=O)c1ccc(Nc2nc(NC3(c4ccc(Cl)cc4)CC3)nc(OCC(F)(F)F)n2)cc1)C(=O)O. The number of nitrogens with one attached hydrogen (secondary N) is 4. The standard InChI is InChI=1S/C35H34ClF3N8O6/c36-24-10-8-23(9-11-24)34(15-16-34)47-32-44-31(45-33(46-32)53-20-35(37,38)39)42-25-12-6-22(7-13-25)28(49)43-26(30(51)52)14-18-41-29(50)27(48)5-1-3-21-4-2-17-40-19-21/h2,4,6-13,17,19,26H,1,3,5,14-16,18,20H2,(H,41,50)(H,43,49)(H,51,52)(H2,42,44,45,46,47)/t26-/m0/s1. The van der Waals surface area contributed by atoms with Crippen molar-refractivity contribution in [1.29, 1.82) is 0 Å². The van der Waals surface area contributed by atoms with E-state index in [1.54, 1.807) is 30.6 Å². The average molecular weight is 755 g/mol. The molecule has 4 aromatic rings. The fourth-order valence-electron chi connectivity index (χ4n) is 5.15. The van der Waals surface area contributed by atoms with Gasteiger partial charge >= 0.3 is 18.2 Å². The molecule has 0 bridgehead atoms. The minimum absolute atomic E-state index is 0.00797. The van der Waals surface area contributed by atoms with Crippen molar-refractivity contribution >= 4 is 52.8 Å². The van der Waals surface area contributed by atoms with Crippen molar-refractivity contribution in [2.24, 2.45) is 0 Å². The highest BCUT2D eigenvalue weighted by Crippen LogP contribution is 2.48. The van der Waals surface area contributed by atoms with Gasteiger partial charge in [-0.2, -0.15) is 28.1 Å². The van der Waals surface area contributed by atoms with E-state index in [9.17, 15) is 37.5 Å². The van der Waals surface area contributed by atoms with Crippen LogP contribution in [0.3, 0.4) is 0 Å². The van der Waals surface area contributed by atoms with Gasteiger partial charge in [-0.1, -0.05) is 29.8 Å². The number of hydrogen-bond donors (Lipinski definition) is 5. The van der Waals surface area contributed by atoms with E-state index in [-0.39, 0.29) is 36.8 Å². The molecule has 5 rings (SSSR count). The second-order valence-corrected chi connectivity index (χ2v) is 12.6. The van der Waals surface area contributed by atoms with Crippen LogP contribution in [0.2, 0.25) is 5.02 Å². The second-order valence-electron chi connectivity index (χ2n) is 12.1. The van der Waals surface area contributed by atoms with Crippen LogP contribution in [0.1, 0.15) is 53.6 Å². The van der Waals surface area contributed by atoms with E-state index < -0.39 is 53.9 Å². The molecule has 5 N–H and O–H groups in total. The number of carboxylic acid groups (broad SMARTS) is 1. The van der Waals surface area contributed by atoms with Crippen molar-refractivity contribution in [1.82, 2.24) is 30.6 Å². The summed E-state index contributed by atoms with van der Waals surface area (Å²) in [6.45, 7) is -1.80. The number of alkyl halides is 3. The van der Waals surface area contributed by atoms with Crippen LogP contribution in [0.5, 0.6) is 6.01 Å². The van der Waals surface area contributed by atoms with E-state index in [4.69, 9.17) is 16.3 Å². The van der Waals surface area contributed by atoms with Crippen molar-refractivity contribution < 1.29 is 42.2 Å². The maximum absolute atomic E-state index is 12.9. The number of amides is 2. The second kappa shape index (κ2) is 17.1. The predicted molar refractivity (Wildman–Crippen MR) is 186 cm³/mol. The topological polar surface area (TPSA) is 197 Å². The molecule has 2 aromatic carbocycles. The molecule has 0 unspecified atom stereocenters. The maximum Gasteiger partial charge on any atom is 0.422 e. The fraction of sp³-hybridized carbons (Fsp3) is 0.314. The predicted octanol–water partition coefficient (Wildman–Crippen LogP) is 4.99. The average Bonchev–Trinajstić information content (AvgIpc) is 3.91. The molecule has 2 aromatic heterocycles. The van der Waals surface area contributed by atoms with E-state index in [1.807, 2.05) is 18.2 Å². The zero-order chi connectivity index (χ0) is 38.0. The van der Waals surface area contributed by atoms with Gasteiger partial charge in [0.15, 0.2) is 6.61 Å².